The molecule has 1 fully saturated rings. The summed E-state index contributed by atoms with van der Waals surface area (Å²) in [5.41, 5.74) is 0.689. The molecule has 1 aliphatic heterocycles. The second kappa shape index (κ2) is 6.77. The van der Waals surface area contributed by atoms with Crippen LogP contribution in [0.5, 0.6) is 0 Å². The first-order chi connectivity index (χ1) is 11.9. The molecule has 0 atom stereocenters. The summed E-state index contributed by atoms with van der Waals surface area (Å²) in [7, 11) is -3.69. The minimum Gasteiger partial charge on any atom is -0.369 e. The lowest BCUT2D eigenvalue weighted by atomic mass is 10.2. The molecule has 3 rings (SSSR count). The highest BCUT2D eigenvalue weighted by molar-refractivity contribution is 7.89. The Balaban J connectivity index is 1.70. The van der Waals surface area contributed by atoms with E-state index in [0.717, 1.165) is 5.69 Å². The fourth-order valence-corrected chi connectivity index (χ4v) is 4.15. The average Bonchev–Trinajstić information content (AvgIpc) is 2.62. The highest BCUT2D eigenvalue weighted by atomic mass is 32.2. The van der Waals surface area contributed by atoms with E-state index in [9.17, 15) is 22.9 Å². The van der Waals surface area contributed by atoms with Crippen LogP contribution in [0.4, 0.5) is 15.8 Å². The van der Waals surface area contributed by atoms with Gasteiger partial charge in [-0.1, -0.05) is 0 Å². The van der Waals surface area contributed by atoms with Gasteiger partial charge in [-0.3, -0.25) is 10.1 Å². The van der Waals surface area contributed by atoms with E-state index in [1.807, 2.05) is 4.90 Å². The van der Waals surface area contributed by atoms with Gasteiger partial charge < -0.3 is 4.90 Å². The number of benzene rings is 2. The Labute approximate surface area is 144 Å². The third-order valence-corrected chi connectivity index (χ3v) is 6.03. The third-order valence-electron chi connectivity index (χ3n) is 4.12. The first kappa shape index (κ1) is 17.3. The average molecular weight is 365 g/mol. The summed E-state index contributed by atoms with van der Waals surface area (Å²) in [6.45, 7) is 1.54. The van der Waals surface area contributed by atoms with Crippen molar-refractivity contribution in [2.75, 3.05) is 31.1 Å². The zero-order valence-corrected chi connectivity index (χ0v) is 14.0. The molecule has 0 bridgehead atoms. The van der Waals surface area contributed by atoms with Crippen molar-refractivity contribution >= 4 is 21.4 Å². The molecular formula is C16H16FN3O4S. The number of non-ortho nitro benzene ring substituents is 1. The fraction of sp³-hybridized carbons (Fsp3) is 0.250. The maximum atomic E-state index is 13.0. The quantitative estimate of drug-likeness (QED) is 0.613. The molecule has 0 spiro atoms. The maximum absolute atomic E-state index is 13.0. The highest BCUT2D eigenvalue weighted by Gasteiger charge is 2.28. The zero-order chi connectivity index (χ0) is 18.0. The molecule has 132 valence electrons. The Morgan fingerprint density at radius 2 is 1.48 bits per heavy atom. The summed E-state index contributed by atoms with van der Waals surface area (Å²) in [6.07, 6.45) is 0. The molecule has 7 nitrogen and oxygen atoms in total. The number of rotatable bonds is 4. The van der Waals surface area contributed by atoms with Gasteiger partial charge >= 0.3 is 0 Å². The summed E-state index contributed by atoms with van der Waals surface area (Å²) in [5, 5.41) is 10.7. The van der Waals surface area contributed by atoms with Crippen LogP contribution in [0.3, 0.4) is 0 Å². The summed E-state index contributed by atoms with van der Waals surface area (Å²) < 4.78 is 39.6. The molecule has 0 radical (unpaired) electrons. The van der Waals surface area contributed by atoms with E-state index in [4.69, 9.17) is 0 Å². The highest BCUT2D eigenvalue weighted by Crippen LogP contribution is 2.23. The fourth-order valence-electron chi connectivity index (χ4n) is 2.73. The molecule has 0 aliphatic carbocycles. The minimum absolute atomic E-state index is 0.0355. The van der Waals surface area contributed by atoms with Crippen molar-refractivity contribution in [2.24, 2.45) is 0 Å². The van der Waals surface area contributed by atoms with Crippen LogP contribution in [-0.4, -0.2) is 43.8 Å². The summed E-state index contributed by atoms with van der Waals surface area (Å²) in [6, 6.07) is 10.9. The van der Waals surface area contributed by atoms with Crippen molar-refractivity contribution in [1.82, 2.24) is 4.31 Å². The molecular weight excluding hydrogens is 349 g/mol. The number of sulfonamides is 1. The molecule has 25 heavy (non-hydrogen) atoms. The predicted molar refractivity (Wildman–Crippen MR) is 90.5 cm³/mol. The van der Waals surface area contributed by atoms with Gasteiger partial charge in [-0.2, -0.15) is 4.31 Å². The Hall–Kier alpha value is -2.52. The van der Waals surface area contributed by atoms with Crippen molar-refractivity contribution < 1.29 is 17.7 Å². The maximum Gasteiger partial charge on any atom is 0.269 e. The van der Waals surface area contributed by atoms with Gasteiger partial charge in [0.2, 0.25) is 10.0 Å². The van der Waals surface area contributed by atoms with Crippen LogP contribution in [0.25, 0.3) is 0 Å². The van der Waals surface area contributed by atoms with E-state index in [-0.39, 0.29) is 29.5 Å². The van der Waals surface area contributed by atoms with Gasteiger partial charge in [0, 0.05) is 44.0 Å². The monoisotopic (exact) mass is 365 g/mol. The molecule has 0 unspecified atom stereocenters. The van der Waals surface area contributed by atoms with E-state index in [0.29, 0.717) is 13.1 Å². The molecule has 0 N–H and O–H groups in total. The Morgan fingerprint density at radius 1 is 0.920 bits per heavy atom. The molecule has 2 aromatic rings. The number of halogens is 1. The van der Waals surface area contributed by atoms with Gasteiger partial charge in [0.1, 0.15) is 5.82 Å². The standard InChI is InChI=1S/C16H16FN3O4S/c17-13-1-3-14(4-2-13)18-9-11-19(12-10-18)25(23,24)16-7-5-15(6-8-16)20(21)22/h1-8H,9-12H2. The Morgan fingerprint density at radius 3 is 2.00 bits per heavy atom. The number of hydrogen-bond donors (Lipinski definition) is 0. The summed E-state index contributed by atoms with van der Waals surface area (Å²) in [4.78, 5) is 12.1. The second-order valence-electron chi connectivity index (χ2n) is 5.62. The lowest BCUT2D eigenvalue weighted by Gasteiger charge is -2.35. The molecule has 1 aliphatic rings. The number of nitro benzene ring substituents is 1. The first-order valence-corrected chi connectivity index (χ1v) is 9.07. The van der Waals surface area contributed by atoms with Crippen molar-refractivity contribution in [1.29, 1.82) is 0 Å². The van der Waals surface area contributed by atoms with Crippen LogP contribution in [0.15, 0.2) is 53.4 Å². The molecule has 0 aromatic heterocycles. The van der Waals surface area contributed by atoms with Crippen LogP contribution in [0, 0.1) is 15.9 Å². The largest absolute Gasteiger partial charge is 0.369 e. The van der Waals surface area contributed by atoms with Gasteiger partial charge in [-0.25, -0.2) is 12.8 Å². The van der Waals surface area contributed by atoms with Gasteiger partial charge in [0.05, 0.1) is 9.82 Å². The van der Waals surface area contributed by atoms with Crippen LogP contribution < -0.4 is 4.90 Å². The van der Waals surface area contributed by atoms with Crippen molar-refractivity contribution in [3.05, 3.63) is 64.5 Å². The predicted octanol–water partition coefficient (Wildman–Crippen LogP) is 2.24. The summed E-state index contributed by atoms with van der Waals surface area (Å²) >= 11 is 0. The van der Waals surface area contributed by atoms with E-state index in [1.54, 1.807) is 12.1 Å². The van der Waals surface area contributed by atoms with E-state index >= 15 is 0 Å². The third kappa shape index (κ3) is 3.62. The van der Waals surface area contributed by atoms with Gasteiger partial charge in [-0.05, 0) is 36.4 Å². The topological polar surface area (TPSA) is 83.8 Å². The second-order valence-corrected chi connectivity index (χ2v) is 7.56. The smallest absolute Gasteiger partial charge is 0.269 e. The molecule has 0 saturated carbocycles. The van der Waals surface area contributed by atoms with Crippen LogP contribution in [0.2, 0.25) is 0 Å². The van der Waals surface area contributed by atoms with Crippen LogP contribution in [0.1, 0.15) is 0 Å². The Kier molecular flexibility index (Phi) is 4.69. The zero-order valence-electron chi connectivity index (χ0n) is 13.2. The van der Waals surface area contributed by atoms with E-state index < -0.39 is 14.9 Å². The SMILES string of the molecule is O=[N+]([O-])c1ccc(S(=O)(=O)N2CCN(c3ccc(F)cc3)CC2)cc1. The number of hydrogen-bond acceptors (Lipinski definition) is 5. The lowest BCUT2D eigenvalue weighted by molar-refractivity contribution is -0.384. The number of anilines is 1. The molecule has 2 aromatic carbocycles. The summed E-state index contributed by atoms with van der Waals surface area (Å²) in [5.74, 6) is -0.317. The Bertz CT molecular complexity index is 861. The molecule has 1 saturated heterocycles. The number of nitrogens with zero attached hydrogens (tertiary/aromatic N) is 3. The molecule has 1 heterocycles. The van der Waals surface area contributed by atoms with Crippen molar-refractivity contribution in [3.8, 4) is 0 Å². The van der Waals surface area contributed by atoms with Crippen molar-refractivity contribution in [3.63, 3.8) is 0 Å². The lowest BCUT2D eigenvalue weighted by Crippen LogP contribution is -2.48. The molecule has 9 heteroatoms. The van der Waals surface area contributed by atoms with Gasteiger partial charge in [0.15, 0.2) is 0 Å². The van der Waals surface area contributed by atoms with Crippen LogP contribution >= 0.6 is 0 Å². The van der Waals surface area contributed by atoms with Crippen LogP contribution in [-0.2, 0) is 10.0 Å². The van der Waals surface area contributed by atoms with Gasteiger partial charge in [-0.15, -0.1) is 0 Å². The van der Waals surface area contributed by atoms with Gasteiger partial charge in [0.25, 0.3) is 5.69 Å². The van der Waals surface area contributed by atoms with E-state index in [2.05, 4.69) is 0 Å². The molecule has 0 amide bonds. The minimum atomic E-state index is -3.69. The normalized spacial score (nSPS) is 16.0. The van der Waals surface area contributed by atoms with Crippen molar-refractivity contribution in [2.45, 2.75) is 4.90 Å². The number of piperazine rings is 1. The number of nitro groups is 1. The van der Waals surface area contributed by atoms with E-state index in [1.165, 1.54) is 40.7 Å². The first-order valence-electron chi connectivity index (χ1n) is 7.63.